The number of carbonyl (C=O) groups excluding carboxylic acids is 1. The number of carbonyl (C=O) groups is 1. The Morgan fingerprint density at radius 2 is 2.19 bits per heavy atom. The van der Waals surface area contributed by atoms with Gasteiger partial charge in [-0.15, -0.1) is 13.2 Å². The van der Waals surface area contributed by atoms with Gasteiger partial charge in [0.05, 0.1) is 6.10 Å². The third kappa shape index (κ3) is 3.76. The summed E-state index contributed by atoms with van der Waals surface area (Å²) in [6, 6.07) is -0.419. The second kappa shape index (κ2) is 5.95. The molecule has 2 aliphatic rings. The third-order valence-electron chi connectivity index (χ3n) is 3.61. The molecule has 3 N–H and O–H groups in total. The third-order valence-corrected chi connectivity index (χ3v) is 5.08. The molecule has 1 saturated heterocycles. The second-order valence-corrected chi connectivity index (χ2v) is 10.5. The van der Waals surface area contributed by atoms with Crippen molar-refractivity contribution in [3.05, 3.63) is 24.0 Å². The molecule has 0 aromatic rings. The number of alkyl halides is 1. The molecule has 0 radical (unpaired) electrons. The van der Waals surface area contributed by atoms with Crippen LogP contribution in [0.25, 0.3) is 0 Å². The van der Waals surface area contributed by atoms with E-state index in [0.717, 1.165) is 6.16 Å². The highest BCUT2D eigenvalue weighted by molar-refractivity contribution is 7.72. The zero-order valence-corrected chi connectivity index (χ0v) is 13.2. The van der Waals surface area contributed by atoms with Gasteiger partial charge in [-0.3, -0.25) is 0 Å². The van der Waals surface area contributed by atoms with Crippen molar-refractivity contribution < 1.29 is 19.0 Å². The number of rotatable bonds is 4. The van der Waals surface area contributed by atoms with E-state index in [4.69, 9.17) is 4.74 Å². The van der Waals surface area contributed by atoms with Crippen LogP contribution in [-0.4, -0.2) is 61.4 Å². The molecule has 4 atom stereocenters. The van der Waals surface area contributed by atoms with Crippen LogP contribution in [0.2, 0.25) is 0 Å². The number of urea groups is 1. The molecule has 0 bridgehead atoms. The van der Waals surface area contributed by atoms with Gasteiger partial charge in [0.25, 0.3) is 0 Å². The van der Waals surface area contributed by atoms with Crippen LogP contribution in [0.1, 0.15) is 6.42 Å². The van der Waals surface area contributed by atoms with Crippen LogP contribution >= 0.6 is 6.89 Å². The first-order chi connectivity index (χ1) is 9.69. The lowest BCUT2D eigenvalue weighted by Gasteiger charge is -2.23. The van der Waals surface area contributed by atoms with Crippen molar-refractivity contribution in [2.24, 2.45) is 0 Å². The Morgan fingerprint density at radius 1 is 1.52 bits per heavy atom. The van der Waals surface area contributed by atoms with Crippen LogP contribution in [0, 0.1) is 0 Å². The van der Waals surface area contributed by atoms with E-state index >= 15 is 0 Å². The molecule has 0 aromatic heterocycles. The van der Waals surface area contributed by atoms with E-state index in [1.54, 1.807) is 0 Å². The zero-order valence-electron chi connectivity index (χ0n) is 12.3. The summed E-state index contributed by atoms with van der Waals surface area (Å²) in [7, 11) is 0. The molecule has 7 heteroatoms. The van der Waals surface area contributed by atoms with E-state index in [1.807, 2.05) is 0 Å². The molecule has 2 aliphatic heterocycles. The fourth-order valence-corrected chi connectivity index (χ4v) is 3.37. The van der Waals surface area contributed by atoms with Crippen LogP contribution in [0.5, 0.6) is 0 Å². The van der Waals surface area contributed by atoms with E-state index in [2.05, 4.69) is 36.8 Å². The van der Waals surface area contributed by atoms with Crippen molar-refractivity contribution in [1.82, 2.24) is 10.6 Å². The Kier molecular flexibility index (Phi) is 4.61. The Morgan fingerprint density at radius 3 is 2.76 bits per heavy atom. The fraction of sp³-hybridized carbons (Fsp3) is 0.571. The van der Waals surface area contributed by atoms with E-state index in [-0.39, 0.29) is 0 Å². The van der Waals surface area contributed by atoms with Gasteiger partial charge in [-0.05, 0) is 25.9 Å². The SMILES string of the molecule is C=C1NC(=O)NC=C1C1O[C@H](CCP(=C)(C)C)[C@@H](O)[C@H]1F. The molecular formula is C14H22FN2O3P. The van der Waals surface area contributed by atoms with E-state index in [0.29, 0.717) is 17.7 Å². The first kappa shape index (κ1) is 16.3. The number of hydrogen-bond acceptors (Lipinski definition) is 3. The number of aliphatic hydroxyl groups is 1. The minimum absolute atomic E-state index is 0.296. The Labute approximate surface area is 124 Å². The number of aliphatic hydroxyl groups excluding tert-OH is 1. The van der Waals surface area contributed by atoms with Gasteiger partial charge in [-0.1, -0.05) is 6.58 Å². The summed E-state index contributed by atoms with van der Waals surface area (Å²) < 4.78 is 20.0. The predicted molar refractivity (Wildman–Crippen MR) is 83.8 cm³/mol. The first-order valence-corrected chi connectivity index (χ1v) is 9.86. The van der Waals surface area contributed by atoms with Crippen LogP contribution in [0.4, 0.5) is 9.18 Å². The van der Waals surface area contributed by atoms with E-state index in [9.17, 15) is 14.3 Å². The molecule has 2 amide bonds. The van der Waals surface area contributed by atoms with Gasteiger partial charge in [-0.25, -0.2) is 9.18 Å². The number of hydrogen-bond donors (Lipinski definition) is 3. The van der Waals surface area contributed by atoms with Crippen LogP contribution in [0.3, 0.4) is 0 Å². The maximum absolute atomic E-state index is 14.3. The quantitative estimate of drug-likeness (QED) is 0.684. The lowest BCUT2D eigenvalue weighted by molar-refractivity contribution is 0.0199. The van der Waals surface area contributed by atoms with Crippen molar-refractivity contribution in [1.29, 1.82) is 0 Å². The molecule has 0 aliphatic carbocycles. The van der Waals surface area contributed by atoms with Gasteiger partial charge in [0.2, 0.25) is 0 Å². The van der Waals surface area contributed by atoms with Crippen LogP contribution in [-0.2, 0) is 4.74 Å². The highest BCUT2D eigenvalue weighted by Crippen LogP contribution is 2.39. The minimum atomic E-state index is -1.54. The van der Waals surface area contributed by atoms with Crippen LogP contribution < -0.4 is 10.6 Å². The summed E-state index contributed by atoms with van der Waals surface area (Å²) in [4.78, 5) is 11.1. The molecule has 0 spiro atoms. The Hall–Kier alpha value is -1.10. The average molecular weight is 316 g/mol. The Balaban J connectivity index is 2.08. The molecule has 2 heterocycles. The summed E-state index contributed by atoms with van der Waals surface area (Å²) >= 11 is 0. The maximum atomic E-state index is 14.3. The van der Waals surface area contributed by atoms with Crippen LogP contribution in [0.15, 0.2) is 24.0 Å². The molecular weight excluding hydrogens is 294 g/mol. The zero-order chi connectivity index (χ0) is 15.8. The van der Waals surface area contributed by atoms with Crippen molar-refractivity contribution in [3.63, 3.8) is 0 Å². The van der Waals surface area contributed by atoms with Crippen molar-refractivity contribution in [2.75, 3.05) is 19.5 Å². The van der Waals surface area contributed by atoms with E-state index in [1.165, 1.54) is 6.20 Å². The smallest absolute Gasteiger partial charge is 0.323 e. The standard InChI is InChI=1S/C14H22FN2O3P/c1-8-9(7-16-14(19)17-8)13-11(15)12(18)10(20-13)5-6-21(2,3)4/h7,10-13,18H,1-2,5-6H2,3-4H3,(H2,16,17,19)/t10-,11-,12-,13?/m1/s1. The molecule has 0 aromatic carbocycles. The summed E-state index contributed by atoms with van der Waals surface area (Å²) in [6.45, 7) is 6.61. The summed E-state index contributed by atoms with van der Waals surface area (Å²) in [5, 5.41) is 14.9. The fourth-order valence-electron chi connectivity index (χ4n) is 2.42. The monoisotopic (exact) mass is 316 g/mol. The first-order valence-electron chi connectivity index (χ1n) is 6.81. The van der Waals surface area contributed by atoms with Gasteiger partial charge in [0, 0.05) is 17.5 Å². The Bertz CT molecular complexity index is 528. The van der Waals surface area contributed by atoms with Crippen molar-refractivity contribution >= 4 is 19.2 Å². The lowest BCUT2D eigenvalue weighted by atomic mass is 10.00. The normalized spacial score (nSPS) is 33.4. The van der Waals surface area contributed by atoms with Gasteiger partial charge < -0.3 is 20.5 Å². The number of amides is 2. The van der Waals surface area contributed by atoms with Crippen molar-refractivity contribution in [3.8, 4) is 0 Å². The predicted octanol–water partition coefficient (Wildman–Crippen LogP) is 1.26. The topological polar surface area (TPSA) is 70.6 Å². The largest absolute Gasteiger partial charge is 0.387 e. The maximum Gasteiger partial charge on any atom is 0.323 e. The average Bonchev–Trinajstić information content (AvgIpc) is 2.64. The molecule has 0 saturated carbocycles. The molecule has 21 heavy (non-hydrogen) atoms. The lowest BCUT2D eigenvalue weighted by Crippen LogP contribution is -2.41. The molecule has 5 nitrogen and oxygen atoms in total. The molecule has 2 rings (SSSR count). The van der Waals surface area contributed by atoms with Crippen molar-refractivity contribution in [2.45, 2.75) is 30.9 Å². The van der Waals surface area contributed by atoms with Gasteiger partial charge in [0.15, 0.2) is 6.17 Å². The van der Waals surface area contributed by atoms with Gasteiger partial charge in [0.1, 0.15) is 12.2 Å². The number of halogens is 1. The van der Waals surface area contributed by atoms with Gasteiger partial charge >= 0.3 is 6.03 Å². The summed E-state index contributed by atoms with van der Waals surface area (Å²) in [5.41, 5.74) is 0.719. The van der Waals surface area contributed by atoms with Gasteiger partial charge in [-0.2, -0.15) is 0 Å². The number of nitrogens with one attached hydrogen (secondary N) is 2. The highest BCUT2D eigenvalue weighted by atomic mass is 31.2. The minimum Gasteiger partial charge on any atom is -0.387 e. The highest BCUT2D eigenvalue weighted by Gasteiger charge is 2.46. The second-order valence-electron chi connectivity index (χ2n) is 6.15. The number of ether oxygens (including phenoxy) is 1. The van der Waals surface area contributed by atoms with E-state index < -0.39 is 37.4 Å². The summed E-state index contributed by atoms with van der Waals surface area (Å²) in [5.74, 6) is 0. The summed E-state index contributed by atoms with van der Waals surface area (Å²) in [6.07, 6.45) is 2.69. The molecule has 1 unspecified atom stereocenters. The molecule has 118 valence electrons. The molecule has 1 fully saturated rings.